The third kappa shape index (κ3) is 5.11. The highest BCUT2D eigenvalue weighted by Gasteiger charge is 2.13. The van der Waals surface area contributed by atoms with Crippen LogP contribution in [0.15, 0.2) is 29.5 Å². The second-order valence-corrected chi connectivity index (χ2v) is 5.72. The zero-order valence-electron chi connectivity index (χ0n) is 16.1. The minimum Gasteiger partial charge on any atom is -0.490 e. The molecule has 1 atom stereocenters. The normalized spacial score (nSPS) is 12.6. The fourth-order valence-electron chi connectivity index (χ4n) is 2.45. The van der Waals surface area contributed by atoms with Crippen molar-refractivity contribution in [1.29, 1.82) is 0 Å². The lowest BCUT2D eigenvalue weighted by Crippen LogP contribution is -2.38. The molecule has 0 spiro atoms. The van der Waals surface area contributed by atoms with Gasteiger partial charge in [-0.1, -0.05) is 6.07 Å². The van der Waals surface area contributed by atoms with Gasteiger partial charge in [0.2, 0.25) is 0 Å². The molecule has 142 valence electrons. The first kappa shape index (κ1) is 19.6. The fraction of sp³-hybridized carbons (Fsp3) is 0.500. The number of hydrogen-bond acceptors (Lipinski definition) is 5. The third-order valence-corrected chi connectivity index (χ3v) is 3.86. The Bertz CT molecular complexity index is 728. The number of rotatable bonds is 8. The van der Waals surface area contributed by atoms with Gasteiger partial charge in [-0.2, -0.15) is 0 Å². The number of aliphatic imine (C=N–C) groups is 1. The molecule has 1 aromatic carbocycles. The third-order valence-electron chi connectivity index (χ3n) is 3.86. The Morgan fingerprint density at radius 3 is 2.58 bits per heavy atom. The van der Waals surface area contributed by atoms with Crippen LogP contribution in [0.1, 0.15) is 38.2 Å². The van der Waals surface area contributed by atoms with Crippen LogP contribution in [0.25, 0.3) is 0 Å². The lowest BCUT2D eigenvalue weighted by Gasteiger charge is -2.20. The molecule has 0 aliphatic carbocycles. The van der Waals surface area contributed by atoms with E-state index < -0.39 is 0 Å². The van der Waals surface area contributed by atoms with Gasteiger partial charge >= 0.3 is 0 Å². The first-order valence-electron chi connectivity index (χ1n) is 8.78. The van der Waals surface area contributed by atoms with E-state index in [9.17, 15) is 0 Å². The van der Waals surface area contributed by atoms with Gasteiger partial charge in [0.15, 0.2) is 23.3 Å². The summed E-state index contributed by atoms with van der Waals surface area (Å²) in [5.41, 5.74) is 1.08. The molecule has 0 amide bonds. The molecule has 2 N–H and O–H groups in total. The topological polar surface area (TPSA) is 85.6 Å². The highest BCUT2D eigenvalue weighted by molar-refractivity contribution is 5.80. The zero-order chi connectivity index (χ0) is 18.9. The number of hydrogen-bond donors (Lipinski definition) is 2. The molecule has 8 nitrogen and oxygen atoms in total. The van der Waals surface area contributed by atoms with E-state index in [4.69, 9.17) is 9.47 Å². The Kier molecular flexibility index (Phi) is 7.25. The molecule has 0 saturated carbocycles. The molecule has 1 unspecified atom stereocenters. The van der Waals surface area contributed by atoms with Crippen LogP contribution in [0.2, 0.25) is 0 Å². The highest BCUT2D eigenvalue weighted by atomic mass is 16.5. The van der Waals surface area contributed by atoms with E-state index in [0.29, 0.717) is 25.7 Å². The van der Waals surface area contributed by atoms with Gasteiger partial charge in [0, 0.05) is 14.1 Å². The summed E-state index contributed by atoms with van der Waals surface area (Å²) < 4.78 is 13.2. The van der Waals surface area contributed by atoms with Crippen LogP contribution < -0.4 is 20.1 Å². The molecule has 0 aliphatic rings. The predicted molar refractivity (Wildman–Crippen MR) is 102 cm³/mol. The van der Waals surface area contributed by atoms with Crippen molar-refractivity contribution in [1.82, 2.24) is 25.4 Å². The lowest BCUT2D eigenvalue weighted by atomic mass is 10.1. The van der Waals surface area contributed by atoms with E-state index in [1.807, 2.05) is 43.7 Å². The number of guanidine groups is 1. The molecule has 2 rings (SSSR count). The quantitative estimate of drug-likeness (QED) is 0.553. The standard InChI is InChI=1S/C18H28N6O2/c1-6-25-15-9-8-14(10-16(15)26-7-2)13(3)22-18(19-4)20-11-17-23-21-12-24(17)5/h8-10,12-13H,6-7,11H2,1-5H3,(H2,19,20,22). The average molecular weight is 360 g/mol. The van der Waals surface area contributed by atoms with Gasteiger partial charge in [-0.25, -0.2) is 0 Å². The van der Waals surface area contributed by atoms with E-state index >= 15 is 0 Å². The first-order valence-corrected chi connectivity index (χ1v) is 8.78. The summed E-state index contributed by atoms with van der Waals surface area (Å²) in [4.78, 5) is 4.27. The predicted octanol–water partition coefficient (Wildman–Crippen LogP) is 2.04. The van der Waals surface area contributed by atoms with Crippen LogP contribution in [0.4, 0.5) is 0 Å². The number of aryl methyl sites for hydroxylation is 1. The molecule has 0 saturated heterocycles. The monoisotopic (exact) mass is 360 g/mol. The largest absolute Gasteiger partial charge is 0.490 e. The van der Waals surface area contributed by atoms with E-state index in [-0.39, 0.29) is 6.04 Å². The molecular weight excluding hydrogens is 332 g/mol. The Hall–Kier alpha value is -2.77. The maximum absolute atomic E-state index is 5.70. The minimum atomic E-state index is 0.0376. The summed E-state index contributed by atoms with van der Waals surface area (Å²) in [6, 6.07) is 6.01. The second kappa shape index (κ2) is 9.65. The maximum atomic E-state index is 5.70. The minimum absolute atomic E-state index is 0.0376. The molecule has 1 aromatic heterocycles. The van der Waals surface area contributed by atoms with Crippen molar-refractivity contribution in [2.75, 3.05) is 20.3 Å². The van der Waals surface area contributed by atoms with Crippen molar-refractivity contribution in [3.63, 3.8) is 0 Å². The summed E-state index contributed by atoms with van der Waals surface area (Å²) in [5, 5.41) is 14.5. The fourth-order valence-corrected chi connectivity index (χ4v) is 2.45. The molecule has 0 aliphatic heterocycles. The molecule has 8 heteroatoms. The zero-order valence-corrected chi connectivity index (χ0v) is 16.1. The molecule has 1 heterocycles. The van der Waals surface area contributed by atoms with Gasteiger partial charge in [0.05, 0.1) is 25.8 Å². The average Bonchev–Trinajstić information content (AvgIpc) is 3.05. The van der Waals surface area contributed by atoms with Gasteiger partial charge in [-0.3, -0.25) is 4.99 Å². The van der Waals surface area contributed by atoms with Gasteiger partial charge in [0.25, 0.3) is 0 Å². The molecular formula is C18H28N6O2. The highest BCUT2D eigenvalue weighted by Crippen LogP contribution is 2.30. The maximum Gasteiger partial charge on any atom is 0.191 e. The van der Waals surface area contributed by atoms with Crippen molar-refractivity contribution in [3.8, 4) is 11.5 Å². The van der Waals surface area contributed by atoms with E-state index in [1.165, 1.54) is 0 Å². The number of aromatic nitrogens is 3. The van der Waals surface area contributed by atoms with Crippen molar-refractivity contribution < 1.29 is 9.47 Å². The molecule has 0 fully saturated rings. The number of nitrogens with one attached hydrogen (secondary N) is 2. The Balaban J connectivity index is 2.03. The summed E-state index contributed by atoms with van der Waals surface area (Å²) >= 11 is 0. The summed E-state index contributed by atoms with van der Waals surface area (Å²) in [7, 11) is 3.65. The van der Waals surface area contributed by atoms with Crippen LogP contribution in [0.3, 0.4) is 0 Å². The van der Waals surface area contributed by atoms with Gasteiger partial charge in [0.1, 0.15) is 6.33 Å². The lowest BCUT2D eigenvalue weighted by molar-refractivity contribution is 0.287. The Morgan fingerprint density at radius 2 is 1.96 bits per heavy atom. The van der Waals surface area contributed by atoms with Crippen LogP contribution in [-0.2, 0) is 13.6 Å². The van der Waals surface area contributed by atoms with E-state index in [1.54, 1.807) is 13.4 Å². The van der Waals surface area contributed by atoms with Crippen molar-refractivity contribution in [3.05, 3.63) is 35.9 Å². The van der Waals surface area contributed by atoms with Gasteiger partial charge in [-0.05, 0) is 38.5 Å². The number of ether oxygens (including phenoxy) is 2. The summed E-state index contributed by atoms with van der Waals surface area (Å²) in [6.07, 6.45) is 1.67. The van der Waals surface area contributed by atoms with Gasteiger partial charge < -0.3 is 24.7 Å². The Morgan fingerprint density at radius 1 is 1.23 bits per heavy atom. The second-order valence-electron chi connectivity index (χ2n) is 5.72. The van der Waals surface area contributed by atoms with Crippen LogP contribution in [0.5, 0.6) is 11.5 Å². The molecule has 0 radical (unpaired) electrons. The number of nitrogens with zero attached hydrogens (tertiary/aromatic N) is 4. The molecule has 26 heavy (non-hydrogen) atoms. The summed E-state index contributed by atoms with van der Waals surface area (Å²) in [5.74, 6) is 3.03. The SMILES string of the molecule is CCOc1ccc(C(C)NC(=NC)NCc2nncn2C)cc1OCC. The van der Waals surface area contributed by atoms with Crippen molar-refractivity contribution in [2.24, 2.45) is 12.0 Å². The van der Waals surface area contributed by atoms with Crippen LogP contribution in [0, 0.1) is 0 Å². The Labute approximate surface area is 154 Å². The van der Waals surface area contributed by atoms with Gasteiger partial charge in [-0.15, -0.1) is 10.2 Å². The van der Waals surface area contributed by atoms with Crippen molar-refractivity contribution in [2.45, 2.75) is 33.4 Å². The molecule has 2 aromatic rings. The smallest absolute Gasteiger partial charge is 0.191 e. The molecule has 0 bridgehead atoms. The first-order chi connectivity index (χ1) is 12.6. The van der Waals surface area contributed by atoms with E-state index in [2.05, 4.69) is 32.7 Å². The number of benzene rings is 1. The summed E-state index contributed by atoms with van der Waals surface area (Å²) in [6.45, 7) is 7.72. The van der Waals surface area contributed by atoms with Crippen molar-refractivity contribution >= 4 is 5.96 Å². The van der Waals surface area contributed by atoms with Crippen LogP contribution >= 0.6 is 0 Å². The van der Waals surface area contributed by atoms with E-state index in [0.717, 1.165) is 22.9 Å². The van der Waals surface area contributed by atoms with Crippen LogP contribution in [-0.4, -0.2) is 41.0 Å².